The largest absolute Gasteiger partial charge is 0.446 e. The number of carbonyl (C=O) groups is 1. The molecule has 1 fully saturated rings. The Kier molecular flexibility index (Phi) is 4.06. The van der Waals surface area contributed by atoms with Gasteiger partial charge in [-0.25, -0.2) is 4.79 Å². The van der Waals surface area contributed by atoms with Crippen molar-refractivity contribution in [3.8, 4) is 0 Å². The van der Waals surface area contributed by atoms with E-state index in [0.717, 1.165) is 25.7 Å². The lowest BCUT2D eigenvalue weighted by Gasteiger charge is -2.30. The second-order valence-electron chi connectivity index (χ2n) is 3.81. The standard InChI is InChI=1S/C10H19NO2/c1-2-5-8-6-3-4-7-9(8)13-10(11)12/h8-9H,2-7H2,1H3,(H2,11,12)/t8-,9?/m1/s1. The van der Waals surface area contributed by atoms with Crippen LogP contribution in [0.2, 0.25) is 0 Å². The van der Waals surface area contributed by atoms with Gasteiger partial charge >= 0.3 is 6.09 Å². The Bertz CT molecular complexity index is 168. The van der Waals surface area contributed by atoms with E-state index in [1.54, 1.807) is 0 Å². The van der Waals surface area contributed by atoms with Gasteiger partial charge in [0.25, 0.3) is 0 Å². The predicted octanol–water partition coefficient (Wildman–Crippen LogP) is 2.44. The van der Waals surface area contributed by atoms with E-state index >= 15 is 0 Å². The number of rotatable bonds is 3. The fourth-order valence-electron chi connectivity index (χ4n) is 2.18. The third-order valence-corrected chi connectivity index (χ3v) is 2.77. The number of amides is 1. The van der Waals surface area contributed by atoms with Crippen LogP contribution in [0.25, 0.3) is 0 Å². The fourth-order valence-corrected chi connectivity index (χ4v) is 2.18. The summed E-state index contributed by atoms with van der Waals surface area (Å²) in [5.41, 5.74) is 5.02. The van der Waals surface area contributed by atoms with Crippen molar-refractivity contribution in [1.82, 2.24) is 0 Å². The van der Waals surface area contributed by atoms with Gasteiger partial charge in [-0.2, -0.15) is 0 Å². The van der Waals surface area contributed by atoms with Crippen molar-refractivity contribution in [2.24, 2.45) is 11.7 Å². The molecule has 0 spiro atoms. The molecule has 1 aliphatic rings. The van der Waals surface area contributed by atoms with Crippen molar-refractivity contribution in [3.63, 3.8) is 0 Å². The Hall–Kier alpha value is -0.730. The van der Waals surface area contributed by atoms with Crippen LogP contribution in [0.4, 0.5) is 4.79 Å². The Balaban J connectivity index is 2.41. The van der Waals surface area contributed by atoms with Gasteiger partial charge < -0.3 is 10.5 Å². The van der Waals surface area contributed by atoms with Crippen LogP contribution in [0.5, 0.6) is 0 Å². The maximum Gasteiger partial charge on any atom is 0.404 e. The molecule has 0 aromatic carbocycles. The number of primary amides is 1. The highest BCUT2D eigenvalue weighted by Crippen LogP contribution is 2.29. The molecule has 1 rings (SSSR count). The summed E-state index contributed by atoms with van der Waals surface area (Å²) in [6, 6.07) is 0. The quantitative estimate of drug-likeness (QED) is 0.734. The minimum absolute atomic E-state index is 0.0891. The van der Waals surface area contributed by atoms with Crippen LogP contribution < -0.4 is 5.73 Å². The van der Waals surface area contributed by atoms with Crippen molar-refractivity contribution in [1.29, 1.82) is 0 Å². The van der Waals surface area contributed by atoms with E-state index in [4.69, 9.17) is 10.5 Å². The lowest BCUT2D eigenvalue weighted by molar-refractivity contribution is 0.0395. The minimum atomic E-state index is -0.618. The van der Waals surface area contributed by atoms with E-state index in [2.05, 4.69) is 6.92 Å². The summed E-state index contributed by atoms with van der Waals surface area (Å²) in [6.45, 7) is 2.16. The van der Waals surface area contributed by atoms with Crippen molar-refractivity contribution in [3.05, 3.63) is 0 Å². The van der Waals surface area contributed by atoms with Crippen LogP contribution in [-0.4, -0.2) is 12.2 Å². The highest BCUT2D eigenvalue weighted by molar-refractivity contribution is 5.64. The molecule has 0 saturated heterocycles. The second kappa shape index (κ2) is 5.10. The molecule has 0 heterocycles. The van der Waals surface area contributed by atoms with E-state index in [1.165, 1.54) is 12.8 Å². The van der Waals surface area contributed by atoms with E-state index in [1.807, 2.05) is 0 Å². The molecular formula is C10H19NO2. The first-order valence-corrected chi connectivity index (χ1v) is 5.20. The van der Waals surface area contributed by atoms with Gasteiger partial charge in [-0.15, -0.1) is 0 Å². The molecule has 0 aromatic heterocycles. The topological polar surface area (TPSA) is 52.3 Å². The predicted molar refractivity (Wildman–Crippen MR) is 51.3 cm³/mol. The molecule has 1 amide bonds. The van der Waals surface area contributed by atoms with Crippen LogP contribution in [0.1, 0.15) is 45.4 Å². The molecule has 2 atom stereocenters. The Morgan fingerprint density at radius 1 is 1.46 bits per heavy atom. The van der Waals surface area contributed by atoms with Crippen LogP contribution in [0.15, 0.2) is 0 Å². The van der Waals surface area contributed by atoms with Gasteiger partial charge in [-0.05, 0) is 31.6 Å². The van der Waals surface area contributed by atoms with Crippen molar-refractivity contribution >= 4 is 6.09 Å². The van der Waals surface area contributed by atoms with Crippen molar-refractivity contribution < 1.29 is 9.53 Å². The third-order valence-electron chi connectivity index (χ3n) is 2.77. The summed E-state index contributed by atoms with van der Waals surface area (Å²) in [5.74, 6) is 0.547. The van der Waals surface area contributed by atoms with Crippen LogP contribution >= 0.6 is 0 Å². The molecule has 0 bridgehead atoms. The van der Waals surface area contributed by atoms with Gasteiger partial charge in [0.2, 0.25) is 0 Å². The van der Waals surface area contributed by atoms with Gasteiger partial charge in [-0.1, -0.05) is 19.8 Å². The number of carbonyl (C=O) groups excluding carboxylic acids is 1. The van der Waals surface area contributed by atoms with Crippen LogP contribution in [0.3, 0.4) is 0 Å². The molecule has 0 radical (unpaired) electrons. The number of hydrogen-bond donors (Lipinski definition) is 1. The lowest BCUT2D eigenvalue weighted by atomic mass is 9.83. The second-order valence-corrected chi connectivity index (χ2v) is 3.81. The number of ether oxygens (including phenoxy) is 1. The number of hydrogen-bond acceptors (Lipinski definition) is 2. The lowest BCUT2D eigenvalue weighted by Crippen LogP contribution is -2.32. The zero-order valence-corrected chi connectivity index (χ0v) is 8.29. The minimum Gasteiger partial charge on any atom is -0.446 e. The van der Waals surface area contributed by atoms with Crippen LogP contribution in [0, 0.1) is 5.92 Å². The van der Waals surface area contributed by atoms with Gasteiger partial charge in [0.05, 0.1) is 0 Å². The molecule has 1 saturated carbocycles. The summed E-state index contributed by atoms with van der Waals surface area (Å²) in [4.78, 5) is 10.6. The fraction of sp³-hybridized carbons (Fsp3) is 0.900. The first-order valence-electron chi connectivity index (χ1n) is 5.20. The highest BCUT2D eigenvalue weighted by Gasteiger charge is 2.26. The molecule has 13 heavy (non-hydrogen) atoms. The average molecular weight is 185 g/mol. The molecule has 2 N–H and O–H groups in total. The Morgan fingerprint density at radius 2 is 2.15 bits per heavy atom. The Labute approximate surface area is 79.6 Å². The summed E-state index contributed by atoms with van der Waals surface area (Å²) in [7, 11) is 0. The van der Waals surface area contributed by atoms with Gasteiger partial charge in [-0.3, -0.25) is 0 Å². The average Bonchev–Trinajstić information content (AvgIpc) is 2.08. The third kappa shape index (κ3) is 3.25. The maximum atomic E-state index is 10.6. The number of nitrogens with two attached hydrogens (primary N) is 1. The molecule has 1 aliphatic carbocycles. The zero-order valence-electron chi connectivity index (χ0n) is 8.29. The smallest absolute Gasteiger partial charge is 0.404 e. The highest BCUT2D eigenvalue weighted by atomic mass is 16.6. The maximum absolute atomic E-state index is 10.6. The molecule has 0 aliphatic heterocycles. The normalized spacial score (nSPS) is 28.4. The summed E-state index contributed by atoms with van der Waals surface area (Å²) in [5, 5.41) is 0. The Morgan fingerprint density at radius 3 is 2.77 bits per heavy atom. The zero-order chi connectivity index (χ0) is 9.68. The molecule has 76 valence electrons. The van der Waals surface area contributed by atoms with E-state index in [-0.39, 0.29) is 6.10 Å². The van der Waals surface area contributed by atoms with Gasteiger partial charge in [0.1, 0.15) is 6.10 Å². The molecular weight excluding hydrogens is 166 g/mol. The summed E-state index contributed by atoms with van der Waals surface area (Å²) >= 11 is 0. The monoisotopic (exact) mass is 185 g/mol. The van der Waals surface area contributed by atoms with Crippen molar-refractivity contribution in [2.75, 3.05) is 0 Å². The van der Waals surface area contributed by atoms with E-state index in [0.29, 0.717) is 5.92 Å². The van der Waals surface area contributed by atoms with Gasteiger partial charge in [0.15, 0.2) is 0 Å². The molecule has 3 heteroatoms. The SMILES string of the molecule is CCC[C@@H]1CCCCC1OC(N)=O. The molecule has 1 unspecified atom stereocenters. The first kappa shape index (κ1) is 10.4. The molecule has 0 aromatic rings. The molecule has 3 nitrogen and oxygen atoms in total. The van der Waals surface area contributed by atoms with E-state index in [9.17, 15) is 4.79 Å². The first-order chi connectivity index (χ1) is 6.24. The van der Waals surface area contributed by atoms with Crippen LogP contribution in [-0.2, 0) is 4.74 Å². The van der Waals surface area contributed by atoms with Crippen molar-refractivity contribution in [2.45, 2.75) is 51.6 Å². The summed E-state index contributed by atoms with van der Waals surface area (Å²) in [6.07, 6.45) is 6.39. The summed E-state index contributed by atoms with van der Waals surface area (Å²) < 4.78 is 5.10. The van der Waals surface area contributed by atoms with E-state index < -0.39 is 6.09 Å². The van der Waals surface area contributed by atoms with Gasteiger partial charge in [0, 0.05) is 0 Å².